The van der Waals surface area contributed by atoms with Crippen molar-refractivity contribution in [2.24, 2.45) is 11.7 Å². The molecule has 0 fully saturated rings. The molecule has 1 aliphatic rings. The number of carbonyl (C=O) groups excluding carboxylic acids is 2. The number of carbonyl (C=O) groups is 2. The number of methoxy groups -OCH3 is 1. The average molecular weight is 326 g/mol. The minimum absolute atomic E-state index is 0.190. The molecule has 124 valence electrons. The van der Waals surface area contributed by atoms with Gasteiger partial charge in [0.05, 0.1) is 18.7 Å². The van der Waals surface area contributed by atoms with E-state index in [4.69, 9.17) is 15.2 Å². The minimum atomic E-state index is -0.567. The van der Waals surface area contributed by atoms with Crippen LogP contribution in [0.1, 0.15) is 15.9 Å². The number of ether oxygens (including phenoxy) is 2. The first-order chi connectivity index (χ1) is 11.6. The molecule has 3 rings (SSSR count). The summed E-state index contributed by atoms with van der Waals surface area (Å²) >= 11 is 0. The summed E-state index contributed by atoms with van der Waals surface area (Å²) in [5.74, 6) is 0.203. The van der Waals surface area contributed by atoms with Crippen LogP contribution in [0.5, 0.6) is 11.5 Å². The molecule has 0 radical (unpaired) electrons. The van der Waals surface area contributed by atoms with Gasteiger partial charge < -0.3 is 20.5 Å². The monoisotopic (exact) mass is 326 g/mol. The molecule has 6 nitrogen and oxygen atoms in total. The lowest BCUT2D eigenvalue weighted by Crippen LogP contribution is -2.32. The van der Waals surface area contributed by atoms with E-state index in [1.165, 1.54) is 13.2 Å². The highest BCUT2D eigenvalue weighted by Crippen LogP contribution is 2.29. The zero-order valence-electron chi connectivity index (χ0n) is 13.2. The number of fused-ring (bicyclic) bond motifs is 1. The summed E-state index contributed by atoms with van der Waals surface area (Å²) in [7, 11) is 1.49. The molecule has 0 saturated carbocycles. The fraction of sp³-hybridized carbons (Fsp3) is 0.222. The Morgan fingerprint density at radius 2 is 2.04 bits per heavy atom. The Kier molecular flexibility index (Phi) is 4.37. The number of amides is 2. The standard InChI is InChI=1S/C18H18N2O4/c1-23-16-7-6-12(17(19)21)9-14(16)20-18(22)13-8-11-4-2-3-5-15(11)24-10-13/h2-7,9,13H,8,10H2,1H3,(H2,19,21)(H,20,22). The molecule has 2 aromatic rings. The molecule has 0 saturated heterocycles. The smallest absolute Gasteiger partial charge is 0.248 e. The molecule has 0 aliphatic carbocycles. The van der Waals surface area contributed by atoms with Crippen LogP contribution >= 0.6 is 0 Å². The van der Waals surface area contributed by atoms with Gasteiger partial charge in [-0.1, -0.05) is 18.2 Å². The minimum Gasteiger partial charge on any atom is -0.495 e. The van der Waals surface area contributed by atoms with E-state index in [2.05, 4.69) is 5.32 Å². The summed E-state index contributed by atoms with van der Waals surface area (Å²) in [5, 5.41) is 2.81. The number of hydrogen-bond acceptors (Lipinski definition) is 4. The van der Waals surface area contributed by atoms with Gasteiger partial charge in [0.15, 0.2) is 0 Å². The first-order valence-electron chi connectivity index (χ1n) is 7.58. The fourth-order valence-electron chi connectivity index (χ4n) is 2.69. The van der Waals surface area contributed by atoms with Crippen LogP contribution in [0.3, 0.4) is 0 Å². The molecule has 6 heteroatoms. The van der Waals surface area contributed by atoms with Crippen molar-refractivity contribution in [1.29, 1.82) is 0 Å². The third kappa shape index (κ3) is 3.17. The van der Waals surface area contributed by atoms with E-state index in [1.807, 2.05) is 24.3 Å². The largest absolute Gasteiger partial charge is 0.495 e. The van der Waals surface area contributed by atoms with Gasteiger partial charge in [0.1, 0.15) is 18.1 Å². The molecule has 3 N–H and O–H groups in total. The second-order valence-electron chi connectivity index (χ2n) is 5.59. The van der Waals surface area contributed by atoms with E-state index >= 15 is 0 Å². The highest BCUT2D eigenvalue weighted by Gasteiger charge is 2.26. The predicted molar refractivity (Wildman–Crippen MR) is 89.3 cm³/mol. The van der Waals surface area contributed by atoms with E-state index in [-0.39, 0.29) is 11.8 Å². The topological polar surface area (TPSA) is 90.6 Å². The number of anilines is 1. The highest BCUT2D eigenvalue weighted by atomic mass is 16.5. The van der Waals surface area contributed by atoms with E-state index in [0.29, 0.717) is 30.0 Å². The Balaban J connectivity index is 1.78. The van der Waals surface area contributed by atoms with Gasteiger partial charge in [0.2, 0.25) is 11.8 Å². The maximum Gasteiger partial charge on any atom is 0.248 e. The molecular weight excluding hydrogens is 308 g/mol. The Labute approximate surface area is 139 Å². The van der Waals surface area contributed by atoms with Crippen molar-refractivity contribution in [3.05, 3.63) is 53.6 Å². The molecule has 1 atom stereocenters. The number of hydrogen-bond donors (Lipinski definition) is 2. The van der Waals surface area contributed by atoms with Gasteiger partial charge >= 0.3 is 0 Å². The number of benzene rings is 2. The Bertz CT molecular complexity index is 788. The van der Waals surface area contributed by atoms with Crippen LogP contribution < -0.4 is 20.5 Å². The molecule has 0 bridgehead atoms. The fourth-order valence-corrected chi connectivity index (χ4v) is 2.69. The third-order valence-electron chi connectivity index (χ3n) is 3.99. The van der Waals surface area contributed by atoms with Gasteiger partial charge in [-0.15, -0.1) is 0 Å². The maximum atomic E-state index is 12.6. The zero-order valence-corrected chi connectivity index (χ0v) is 13.2. The first-order valence-corrected chi connectivity index (χ1v) is 7.58. The number of nitrogens with two attached hydrogens (primary N) is 1. The summed E-state index contributed by atoms with van der Waals surface area (Å²) in [4.78, 5) is 23.9. The number of rotatable bonds is 4. The van der Waals surface area contributed by atoms with Crippen LogP contribution in [0.25, 0.3) is 0 Å². The van der Waals surface area contributed by atoms with Gasteiger partial charge in [-0.05, 0) is 36.2 Å². The first kappa shape index (κ1) is 15.9. The van der Waals surface area contributed by atoms with E-state index < -0.39 is 5.91 Å². The molecule has 1 heterocycles. The van der Waals surface area contributed by atoms with Crippen molar-refractivity contribution in [3.8, 4) is 11.5 Å². The van der Waals surface area contributed by atoms with Gasteiger partial charge in [-0.3, -0.25) is 9.59 Å². The third-order valence-corrected chi connectivity index (χ3v) is 3.99. The van der Waals surface area contributed by atoms with Gasteiger partial charge in [0.25, 0.3) is 0 Å². The lowest BCUT2D eigenvalue weighted by atomic mass is 9.96. The number of para-hydroxylation sites is 1. The number of primary amides is 1. The zero-order chi connectivity index (χ0) is 17.1. The van der Waals surface area contributed by atoms with Crippen LogP contribution in [0.15, 0.2) is 42.5 Å². The summed E-state index contributed by atoms with van der Waals surface area (Å²) < 4.78 is 10.9. The molecule has 0 spiro atoms. The molecule has 1 unspecified atom stereocenters. The Morgan fingerprint density at radius 1 is 1.25 bits per heavy atom. The van der Waals surface area contributed by atoms with Crippen molar-refractivity contribution < 1.29 is 19.1 Å². The lowest BCUT2D eigenvalue weighted by Gasteiger charge is -2.24. The van der Waals surface area contributed by atoms with Gasteiger partial charge in [0, 0.05) is 5.56 Å². The number of nitrogens with one attached hydrogen (secondary N) is 1. The Hall–Kier alpha value is -3.02. The summed E-state index contributed by atoms with van der Waals surface area (Å²) in [6, 6.07) is 12.3. The highest BCUT2D eigenvalue weighted by molar-refractivity contribution is 5.98. The van der Waals surface area contributed by atoms with Crippen molar-refractivity contribution in [3.63, 3.8) is 0 Å². The van der Waals surface area contributed by atoms with Crippen LogP contribution in [-0.2, 0) is 11.2 Å². The SMILES string of the molecule is COc1ccc(C(N)=O)cc1NC(=O)C1COc2ccccc2C1. The van der Waals surface area contributed by atoms with Gasteiger partial charge in [-0.2, -0.15) is 0 Å². The van der Waals surface area contributed by atoms with E-state index in [1.54, 1.807) is 12.1 Å². The predicted octanol–water partition coefficient (Wildman–Crippen LogP) is 1.98. The summed E-state index contributed by atoms with van der Waals surface area (Å²) in [6.45, 7) is 0.306. The van der Waals surface area contributed by atoms with Gasteiger partial charge in [-0.25, -0.2) is 0 Å². The Morgan fingerprint density at radius 3 is 2.79 bits per heavy atom. The summed E-state index contributed by atoms with van der Waals surface area (Å²) in [6.07, 6.45) is 0.597. The maximum absolute atomic E-state index is 12.6. The molecular formula is C18H18N2O4. The van der Waals surface area contributed by atoms with Crippen molar-refractivity contribution >= 4 is 17.5 Å². The average Bonchev–Trinajstić information content (AvgIpc) is 2.61. The second-order valence-corrected chi connectivity index (χ2v) is 5.59. The lowest BCUT2D eigenvalue weighted by molar-refractivity contribution is -0.121. The molecule has 1 aliphatic heterocycles. The van der Waals surface area contributed by atoms with Crippen LogP contribution in [0, 0.1) is 5.92 Å². The normalized spacial score (nSPS) is 15.8. The second kappa shape index (κ2) is 6.62. The van der Waals surface area contributed by atoms with Crippen molar-refractivity contribution in [1.82, 2.24) is 0 Å². The molecule has 2 amide bonds. The van der Waals surface area contributed by atoms with Crippen molar-refractivity contribution in [2.45, 2.75) is 6.42 Å². The van der Waals surface area contributed by atoms with Crippen LogP contribution in [0.4, 0.5) is 5.69 Å². The molecule has 24 heavy (non-hydrogen) atoms. The summed E-state index contributed by atoms with van der Waals surface area (Å²) in [5.41, 5.74) is 7.01. The van der Waals surface area contributed by atoms with E-state index in [9.17, 15) is 9.59 Å². The molecule has 0 aromatic heterocycles. The van der Waals surface area contributed by atoms with Crippen LogP contribution in [0.2, 0.25) is 0 Å². The quantitative estimate of drug-likeness (QED) is 0.899. The van der Waals surface area contributed by atoms with Crippen LogP contribution in [-0.4, -0.2) is 25.5 Å². The van der Waals surface area contributed by atoms with Crippen molar-refractivity contribution in [2.75, 3.05) is 19.0 Å². The van der Waals surface area contributed by atoms with E-state index in [0.717, 1.165) is 11.3 Å². The molecule has 2 aromatic carbocycles.